The number of thiocarbonyl (C=S) groups is 3. The molecule has 0 saturated carbocycles. The molecule has 20 nitrogen and oxygen atoms in total. The smallest absolute Gasteiger partial charge is 0.416 e. The van der Waals surface area contributed by atoms with Crippen LogP contribution in [-0.4, -0.2) is 160 Å². The molecule has 0 spiro atoms. The Bertz CT molecular complexity index is 3650. The fourth-order valence-corrected chi connectivity index (χ4v) is 11.5. The van der Waals surface area contributed by atoms with Crippen LogP contribution in [0.15, 0.2) is 125 Å². The van der Waals surface area contributed by atoms with Gasteiger partial charge in [-0.25, -0.2) is 0 Å². The van der Waals surface area contributed by atoms with Crippen molar-refractivity contribution in [1.82, 2.24) is 45.9 Å². The number of anilines is 4. The Balaban J connectivity index is 0.000000146. The number of alkyl halides is 3. The van der Waals surface area contributed by atoms with Gasteiger partial charge in [0.1, 0.15) is 17.1 Å². The van der Waals surface area contributed by atoms with E-state index in [-0.39, 0.29) is 0 Å². The van der Waals surface area contributed by atoms with E-state index in [4.69, 9.17) is 96.7 Å². The van der Waals surface area contributed by atoms with E-state index in [1.54, 1.807) is 42.9 Å². The average Bonchev–Trinajstić information content (AvgIpc) is 2.47. The first-order valence-corrected chi connectivity index (χ1v) is 30.4. The first-order chi connectivity index (χ1) is 42.6. The molecule has 5 N–H and O–H groups in total. The van der Waals surface area contributed by atoms with E-state index in [0.29, 0.717) is 147 Å². The Hall–Kier alpha value is -8.06. The summed E-state index contributed by atoms with van der Waals surface area (Å²) in [7, 11) is 0. The molecule has 3 aromatic carbocycles. The molecule has 6 aromatic rings. The normalized spacial score (nSPS) is 17.7. The third-order valence-electron chi connectivity index (χ3n) is 14.9. The Labute approximate surface area is 537 Å². The van der Waals surface area contributed by atoms with Gasteiger partial charge >= 0.3 is 6.18 Å². The predicted octanol–water partition coefficient (Wildman–Crippen LogP) is 9.23. The number of nitrogens with one attached hydrogen (secondary N) is 3. The molecular formula is C59H59Cl3F3N17O3S3. The van der Waals surface area contributed by atoms with Gasteiger partial charge < -0.3 is 49.3 Å². The van der Waals surface area contributed by atoms with Crippen LogP contribution in [0.1, 0.15) is 47.5 Å². The maximum absolute atomic E-state index is 13.0. The lowest BCUT2D eigenvalue weighted by atomic mass is 10.1. The van der Waals surface area contributed by atoms with E-state index < -0.39 is 11.7 Å². The Morgan fingerprint density at radius 2 is 0.920 bits per heavy atom. The summed E-state index contributed by atoms with van der Waals surface area (Å²) < 4.78 is 55.7. The van der Waals surface area contributed by atoms with E-state index in [0.717, 1.165) is 86.9 Å². The fourth-order valence-electron chi connectivity index (χ4n) is 10.2. The topological polar surface area (TPSA) is 209 Å². The number of nitriles is 1. The molecule has 0 bridgehead atoms. The Morgan fingerprint density at radius 3 is 1.32 bits per heavy atom. The summed E-state index contributed by atoms with van der Waals surface area (Å²) in [6.07, 6.45) is 2.39. The minimum atomic E-state index is -4.36. The molecule has 12 rings (SSSR count). The van der Waals surface area contributed by atoms with Crippen LogP contribution < -0.4 is 50.9 Å². The van der Waals surface area contributed by atoms with Gasteiger partial charge in [0, 0.05) is 128 Å². The summed E-state index contributed by atoms with van der Waals surface area (Å²) in [5.41, 5.74) is 22.8. The summed E-state index contributed by atoms with van der Waals surface area (Å²) in [5, 5.41) is 25.5. The second kappa shape index (κ2) is 29.3. The number of nitrogens with zero attached hydrogens (tertiary/aromatic N) is 13. The fraction of sp³-hybridized carbons (Fsp3) is 0.322. The molecule has 6 aliphatic rings. The summed E-state index contributed by atoms with van der Waals surface area (Å²) in [5.74, 6) is 1.66. The van der Waals surface area contributed by atoms with Crippen LogP contribution in [-0.2, 0) is 6.18 Å². The number of hydrogen-bond donors (Lipinski definition) is 4. The van der Waals surface area contributed by atoms with Crippen LogP contribution in [0.25, 0.3) is 0 Å². The van der Waals surface area contributed by atoms with E-state index in [9.17, 15) is 13.2 Å². The van der Waals surface area contributed by atoms with Gasteiger partial charge in [-0.15, -0.1) is 0 Å². The van der Waals surface area contributed by atoms with Crippen molar-refractivity contribution in [2.75, 3.05) is 119 Å². The summed E-state index contributed by atoms with van der Waals surface area (Å²) in [6, 6.07) is 28.2. The van der Waals surface area contributed by atoms with Crippen molar-refractivity contribution in [1.29, 1.82) is 5.26 Å². The molecular weight excluding hydrogens is 1250 g/mol. The first kappa shape index (κ1) is 63.0. The molecule has 0 aliphatic carbocycles. The number of pyridine rings is 3. The van der Waals surface area contributed by atoms with Crippen molar-refractivity contribution in [2.24, 2.45) is 15.3 Å². The van der Waals surface area contributed by atoms with E-state index in [1.807, 2.05) is 58.3 Å². The third kappa shape index (κ3) is 15.6. The van der Waals surface area contributed by atoms with Crippen LogP contribution in [0.5, 0.6) is 17.2 Å². The van der Waals surface area contributed by atoms with Crippen molar-refractivity contribution in [3.8, 4) is 23.3 Å². The van der Waals surface area contributed by atoms with Gasteiger partial charge in [0.15, 0.2) is 32.6 Å². The van der Waals surface area contributed by atoms with Gasteiger partial charge in [-0.05, 0) is 109 Å². The molecule has 3 saturated heterocycles. The lowest BCUT2D eigenvalue weighted by Gasteiger charge is -2.37. The predicted molar refractivity (Wildman–Crippen MR) is 350 cm³/mol. The number of rotatable bonds is 6. The number of halogens is 6. The minimum absolute atomic E-state index is 0.446. The average molecular weight is 1310 g/mol. The van der Waals surface area contributed by atoms with Gasteiger partial charge in [0.25, 0.3) is 0 Å². The quantitative estimate of drug-likeness (QED) is 0.0696. The number of nitrogens with two attached hydrogens (primary N) is 1. The van der Waals surface area contributed by atoms with E-state index >= 15 is 0 Å². The lowest BCUT2D eigenvalue weighted by molar-refractivity contribution is -0.137. The molecule has 458 valence electrons. The van der Waals surface area contributed by atoms with Crippen LogP contribution in [0, 0.1) is 11.3 Å². The summed E-state index contributed by atoms with van der Waals surface area (Å²) in [6.45, 7) is 10.3. The lowest BCUT2D eigenvalue weighted by Crippen LogP contribution is -2.51. The van der Waals surface area contributed by atoms with Gasteiger partial charge in [0.05, 0.1) is 80.6 Å². The van der Waals surface area contributed by atoms with Gasteiger partial charge in [0.2, 0.25) is 0 Å². The highest BCUT2D eigenvalue weighted by molar-refractivity contribution is 7.80. The molecule has 0 unspecified atom stereocenters. The summed E-state index contributed by atoms with van der Waals surface area (Å²) in [4.78, 5) is 25.6. The molecule has 0 atom stereocenters. The van der Waals surface area contributed by atoms with Gasteiger partial charge in [-0.1, -0.05) is 53.0 Å². The zero-order valence-corrected chi connectivity index (χ0v) is 51.9. The van der Waals surface area contributed by atoms with Crippen molar-refractivity contribution in [2.45, 2.75) is 25.4 Å². The number of ether oxygens (including phenoxy) is 3. The second-order valence-electron chi connectivity index (χ2n) is 20.3. The number of nitrogen functional groups attached to an aromatic ring is 1. The molecule has 0 amide bonds. The molecule has 0 radical (unpaired) electrons. The molecule has 6 aliphatic heterocycles. The van der Waals surface area contributed by atoms with Crippen molar-refractivity contribution in [3.63, 3.8) is 0 Å². The number of aromatic nitrogens is 3. The van der Waals surface area contributed by atoms with Crippen LogP contribution in [0.4, 0.5) is 35.9 Å². The molecule has 3 fully saturated rings. The van der Waals surface area contributed by atoms with E-state index in [1.165, 1.54) is 12.1 Å². The highest BCUT2D eigenvalue weighted by Crippen LogP contribution is 2.35. The number of hydrazone groups is 3. The number of hydrogen-bond acceptors (Lipinski definition) is 17. The van der Waals surface area contributed by atoms with Crippen LogP contribution >= 0.6 is 71.5 Å². The van der Waals surface area contributed by atoms with Crippen molar-refractivity contribution >= 4 is 127 Å². The van der Waals surface area contributed by atoms with Crippen molar-refractivity contribution < 1.29 is 27.4 Å². The van der Waals surface area contributed by atoms with Crippen molar-refractivity contribution in [3.05, 3.63) is 153 Å². The molecule has 29 heteroatoms. The first-order valence-electron chi connectivity index (χ1n) is 28.1. The SMILES string of the molecule is FC(F)(F)c1cccc(N2CCN(C(=S)N/N=C3/CCOc4c(Cl)ccnc43)CC2)c1.N#Cc1ccc(N2CCN(C(=S)N/N=C3/CCOc4c(Cl)ccnc43)CC2)cc1.Nc1ccccc1N1CCN(C(=S)N/N=C2/CCOc3c(Cl)ccnc32)CC1. The zero-order chi connectivity index (χ0) is 61.7. The standard InChI is InChI=1S/C20H19ClF3N5OS.C20H19ClN6OS.C19H21ClN6OS/c21-15-4-6-25-17-16(5-11-30-18(15)17)26-27-19(31)29-9-7-28(8-10-29)14-3-1-2-13(12-14)20(22,23)24;21-16-5-7-23-18-17(6-12-28-19(16)18)24-25-20(29)27-10-8-26(9-11-27)15-3-1-14(13-22)2-4-15;20-13-5-7-22-17-15(6-12-27-18(13)17)23-24-19(28)26-10-8-25(9-11-26)16-4-2-1-3-14(16)21/h1-4,6,12H,5,7-11H2,(H,27,31);1-5,7H,6,8-12H2,(H,25,29);1-5,7H,6,8-12,21H2,(H,24,28)/b26-16-;24-17-;23-15-. The number of piperazine rings is 3. The molecule has 3 aromatic heterocycles. The van der Waals surface area contributed by atoms with Crippen LogP contribution in [0.3, 0.4) is 0 Å². The maximum atomic E-state index is 13.0. The highest BCUT2D eigenvalue weighted by atomic mass is 35.5. The second-order valence-corrected chi connectivity index (χ2v) is 22.7. The highest BCUT2D eigenvalue weighted by Gasteiger charge is 2.32. The van der Waals surface area contributed by atoms with E-state index in [2.05, 4.69) is 72.2 Å². The monoisotopic (exact) mass is 1310 g/mol. The third-order valence-corrected chi connectivity index (χ3v) is 16.8. The van der Waals surface area contributed by atoms with Crippen LogP contribution in [0.2, 0.25) is 15.1 Å². The number of fused-ring (bicyclic) bond motifs is 3. The maximum Gasteiger partial charge on any atom is 0.416 e. The summed E-state index contributed by atoms with van der Waals surface area (Å²) >= 11 is 35.0. The Morgan fingerprint density at radius 1 is 0.523 bits per heavy atom. The zero-order valence-electron chi connectivity index (χ0n) is 47.2. The minimum Gasteiger partial charge on any atom is -0.489 e. The Kier molecular flexibility index (Phi) is 21.0. The molecule has 9 heterocycles. The van der Waals surface area contributed by atoms with Gasteiger partial charge in [-0.2, -0.15) is 33.7 Å². The van der Waals surface area contributed by atoms with Gasteiger partial charge in [-0.3, -0.25) is 31.2 Å². The molecule has 88 heavy (non-hydrogen) atoms. The largest absolute Gasteiger partial charge is 0.489 e. The number of para-hydroxylation sites is 2. The number of benzene rings is 3.